The molecule has 0 fully saturated rings. The fourth-order valence-electron chi connectivity index (χ4n) is 4.08. The number of ketones is 1. The number of ether oxygens (including phenoxy) is 3. The Balaban J connectivity index is 2.02. The van der Waals surface area contributed by atoms with Crippen molar-refractivity contribution >= 4 is 35.4 Å². The average Bonchev–Trinajstić information content (AvgIpc) is 2.89. The Morgan fingerprint density at radius 3 is 1.93 bits per heavy atom. The second-order valence-corrected chi connectivity index (χ2v) is 12.1. The second-order valence-electron chi connectivity index (χ2n) is 11.6. The Labute approximate surface area is 247 Å². The molecule has 0 saturated heterocycles. The van der Waals surface area contributed by atoms with Gasteiger partial charge in [0.15, 0.2) is 11.4 Å². The largest absolute Gasteiger partial charge is 0.478 e. The van der Waals surface area contributed by atoms with Crippen LogP contribution in [0, 0.1) is 11.8 Å². The summed E-state index contributed by atoms with van der Waals surface area (Å²) in [4.78, 5) is 50.6. The molecule has 0 bridgehead atoms. The Morgan fingerprint density at radius 1 is 0.878 bits per heavy atom. The summed E-state index contributed by atoms with van der Waals surface area (Å²) in [6.07, 6.45) is -0.00337. The molecule has 41 heavy (non-hydrogen) atoms. The van der Waals surface area contributed by atoms with Gasteiger partial charge in [-0.2, -0.15) is 0 Å². The van der Waals surface area contributed by atoms with Gasteiger partial charge in [0, 0.05) is 22.7 Å². The number of carbonyl (C=O) groups excluding carboxylic acids is 4. The van der Waals surface area contributed by atoms with Crippen LogP contribution in [-0.4, -0.2) is 54.7 Å². The number of rotatable bonds is 12. The maximum atomic E-state index is 13.2. The maximum absolute atomic E-state index is 13.2. The Hall–Kier alpha value is -3.59. The molecule has 2 amide bonds. The molecule has 2 aromatic carbocycles. The van der Waals surface area contributed by atoms with Crippen LogP contribution in [0.4, 0.5) is 4.79 Å². The number of hydrogen-bond acceptors (Lipinski definition) is 7. The zero-order chi connectivity index (χ0) is 31.0. The molecule has 0 saturated carbocycles. The quantitative estimate of drug-likeness (QED) is 0.245. The summed E-state index contributed by atoms with van der Waals surface area (Å²) >= 11 is 5.90. The van der Waals surface area contributed by atoms with Crippen LogP contribution in [-0.2, 0) is 19.1 Å². The first kappa shape index (κ1) is 33.6. The van der Waals surface area contributed by atoms with Crippen molar-refractivity contribution in [1.29, 1.82) is 0 Å². The van der Waals surface area contributed by atoms with E-state index in [1.165, 1.54) is 7.11 Å². The van der Waals surface area contributed by atoms with E-state index in [-0.39, 0.29) is 17.6 Å². The lowest BCUT2D eigenvalue weighted by Crippen LogP contribution is -2.54. The van der Waals surface area contributed by atoms with E-state index in [2.05, 4.69) is 10.6 Å². The molecule has 224 valence electrons. The molecule has 0 aliphatic carbocycles. The predicted molar refractivity (Wildman–Crippen MR) is 157 cm³/mol. The predicted octanol–water partition coefficient (Wildman–Crippen LogP) is 5.57. The number of amides is 2. The van der Waals surface area contributed by atoms with E-state index in [0.717, 1.165) is 0 Å². The Morgan fingerprint density at radius 2 is 1.41 bits per heavy atom. The van der Waals surface area contributed by atoms with Crippen LogP contribution < -0.4 is 15.4 Å². The molecular weight excluding hydrogens is 548 g/mol. The van der Waals surface area contributed by atoms with E-state index in [1.807, 2.05) is 13.8 Å². The molecular formula is C31H41ClN2O7. The molecule has 2 aromatic rings. The Bertz CT molecular complexity index is 1200. The molecule has 0 spiro atoms. The van der Waals surface area contributed by atoms with Crippen LogP contribution >= 0.6 is 11.6 Å². The van der Waals surface area contributed by atoms with Gasteiger partial charge < -0.3 is 24.8 Å². The zero-order valence-corrected chi connectivity index (χ0v) is 25.8. The van der Waals surface area contributed by atoms with E-state index in [1.54, 1.807) is 83.1 Å². The molecule has 3 unspecified atom stereocenters. The van der Waals surface area contributed by atoms with Crippen LogP contribution in [0.1, 0.15) is 70.8 Å². The minimum atomic E-state index is -1.35. The third kappa shape index (κ3) is 10.7. The van der Waals surface area contributed by atoms with Crippen molar-refractivity contribution in [3.8, 4) is 5.75 Å². The monoisotopic (exact) mass is 588 g/mol. The van der Waals surface area contributed by atoms with Gasteiger partial charge in [0.05, 0.1) is 7.11 Å². The van der Waals surface area contributed by atoms with E-state index >= 15 is 0 Å². The number of alkyl carbamates (subject to hydrolysis) is 1. The third-order valence-corrected chi connectivity index (χ3v) is 6.47. The van der Waals surface area contributed by atoms with Gasteiger partial charge in [-0.3, -0.25) is 9.59 Å². The summed E-state index contributed by atoms with van der Waals surface area (Å²) in [5, 5.41) is 6.04. The van der Waals surface area contributed by atoms with Crippen LogP contribution in [0.5, 0.6) is 5.75 Å². The SMILES string of the molecule is COC(=O)C(NC(=O)C(C)(C)Oc1ccc(C(=O)c2ccc(Cl)cc2)cc1)C(C)CC(C)CNC(=O)OC(C)(C)C. The highest BCUT2D eigenvalue weighted by Gasteiger charge is 2.36. The van der Waals surface area contributed by atoms with Gasteiger partial charge in [0.2, 0.25) is 0 Å². The van der Waals surface area contributed by atoms with Gasteiger partial charge >= 0.3 is 12.1 Å². The smallest absolute Gasteiger partial charge is 0.407 e. The van der Waals surface area contributed by atoms with Crippen molar-refractivity contribution in [1.82, 2.24) is 10.6 Å². The number of benzene rings is 2. The van der Waals surface area contributed by atoms with Crippen LogP contribution in [0.3, 0.4) is 0 Å². The summed E-state index contributed by atoms with van der Waals surface area (Å²) in [6, 6.07) is 12.1. The molecule has 0 aliphatic rings. The highest BCUT2D eigenvalue weighted by Crippen LogP contribution is 2.23. The first-order valence-electron chi connectivity index (χ1n) is 13.5. The lowest BCUT2D eigenvalue weighted by molar-refractivity contribution is -0.149. The minimum absolute atomic E-state index is 0.0139. The lowest BCUT2D eigenvalue weighted by atomic mass is 9.90. The molecule has 0 aliphatic heterocycles. The number of carbonyl (C=O) groups is 4. The highest BCUT2D eigenvalue weighted by atomic mass is 35.5. The van der Waals surface area contributed by atoms with Crippen molar-refractivity contribution in [2.45, 2.75) is 72.1 Å². The third-order valence-electron chi connectivity index (χ3n) is 6.22. The molecule has 0 aromatic heterocycles. The van der Waals surface area contributed by atoms with Gasteiger partial charge in [-0.15, -0.1) is 0 Å². The Kier molecular flexibility index (Phi) is 11.8. The summed E-state index contributed by atoms with van der Waals surface area (Å²) < 4.78 is 16.2. The van der Waals surface area contributed by atoms with Crippen LogP contribution in [0.15, 0.2) is 48.5 Å². The van der Waals surface area contributed by atoms with Crippen molar-refractivity contribution in [2.24, 2.45) is 11.8 Å². The fourth-order valence-corrected chi connectivity index (χ4v) is 4.21. The molecule has 2 rings (SSSR count). The van der Waals surface area contributed by atoms with Crippen molar-refractivity contribution in [3.05, 3.63) is 64.7 Å². The van der Waals surface area contributed by atoms with E-state index < -0.39 is 35.2 Å². The normalized spacial score (nSPS) is 13.8. The number of hydrogen-bond donors (Lipinski definition) is 2. The van der Waals surface area contributed by atoms with E-state index in [0.29, 0.717) is 34.9 Å². The van der Waals surface area contributed by atoms with Crippen molar-refractivity contribution in [2.75, 3.05) is 13.7 Å². The van der Waals surface area contributed by atoms with Crippen molar-refractivity contribution < 1.29 is 33.4 Å². The second kappa shape index (κ2) is 14.3. The van der Waals surface area contributed by atoms with Gasteiger partial charge in [-0.1, -0.05) is 25.4 Å². The number of nitrogens with one attached hydrogen (secondary N) is 2. The number of esters is 1. The molecule has 0 radical (unpaired) electrons. The molecule has 2 N–H and O–H groups in total. The van der Waals surface area contributed by atoms with Crippen molar-refractivity contribution in [3.63, 3.8) is 0 Å². The summed E-state index contributed by atoms with van der Waals surface area (Å²) in [5.41, 5.74) is -0.998. The van der Waals surface area contributed by atoms with E-state index in [9.17, 15) is 19.2 Å². The summed E-state index contributed by atoms with van der Waals surface area (Å²) in [7, 11) is 1.26. The molecule has 9 nitrogen and oxygen atoms in total. The van der Waals surface area contributed by atoms with Crippen LogP contribution in [0.2, 0.25) is 5.02 Å². The number of halogens is 1. The van der Waals surface area contributed by atoms with Gasteiger partial charge in [-0.05, 0) is 101 Å². The fraction of sp³-hybridized carbons (Fsp3) is 0.484. The molecule has 10 heteroatoms. The topological polar surface area (TPSA) is 120 Å². The standard InChI is InChI=1S/C31H41ClN2O7/c1-19(18-33-29(38)41-30(3,4)5)17-20(2)25(27(36)39-8)34-28(37)31(6,7)40-24-15-11-22(12-16-24)26(35)21-9-13-23(32)14-10-21/h9-16,19-20,25H,17-18H2,1-8H3,(H,33,38)(H,34,37). The average molecular weight is 589 g/mol. The van der Waals surface area contributed by atoms with Gasteiger partial charge in [0.25, 0.3) is 5.91 Å². The van der Waals surface area contributed by atoms with Gasteiger partial charge in [-0.25, -0.2) is 9.59 Å². The molecule has 0 heterocycles. The lowest BCUT2D eigenvalue weighted by Gasteiger charge is -2.30. The summed E-state index contributed by atoms with van der Waals surface area (Å²) in [6.45, 7) is 12.6. The summed E-state index contributed by atoms with van der Waals surface area (Å²) in [5.74, 6) is -1.21. The van der Waals surface area contributed by atoms with Crippen LogP contribution in [0.25, 0.3) is 0 Å². The first-order chi connectivity index (χ1) is 19.0. The highest BCUT2D eigenvalue weighted by molar-refractivity contribution is 6.30. The molecule has 3 atom stereocenters. The number of methoxy groups -OCH3 is 1. The van der Waals surface area contributed by atoms with E-state index in [4.69, 9.17) is 25.8 Å². The maximum Gasteiger partial charge on any atom is 0.407 e. The zero-order valence-electron chi connectivity index (χ0n) is 25.0. The minimum Gasteiger partial charge on any atom is -0.478 e. The first-order valence-corrected chi connectivity index (χ1v) is 13.8. The van der Waals surface area contributed by atoms with Gasteiger partial charge in [0.1, 0.15) is 17.4 Å².